The normalized spacial score (nSPS) is 26.4. The average molecular weight is 254 g/mol. The monoisotopic (exact) mass is 254 g/mol. The number of nitrogens with one attached hydrogen (secondary N) is 1. The SMILES string of the molecule is CCC(C)NCC1CCCC(C)N1C(=O)C(C)C. The van der Waals surface area contributed by atoms with Gasteiger partial charge in [-0.05, 0) is 39.5 Å². The van der Waals surface area contributed by atoms with Crippen LogP contribution in [-0.4, -0.2) is 35.5 Å². The first-order valence-electron chi connectivity index (χ1n) is 7.52. The first-order valence-corrected chi connectivity index (χ1v) is 7.52. The Morgan fingerprint density at radius 2 is 2.00 bits per heavy atom. The lowest BCUT2D eigenvalue weighted by Crippen LogP contribution is -2.54. The molecule has 0 spiro atoms. The zero-order chi connectivity index (χ0) is 13.7. The van der Waals surface area contributed by atoms with Gasteiger partial charge in [0.2, 0.25) is 5.91 Å². The summed E-state index contributed by atoms with van der Waals surface area (Å²) < 4.78 is 0. The zero-order valence-electron chi connectivity index (χ0n) is 12.7. The second kappa shape index (κ2) is 7.13. The Morgan fingerprint density at radius 3 is 2.56 bits per heavy atom. The minimum absolute atomic E-state index is 0.108. The largest absolute Gasteiger partial charge is 0.336 e. The van der Waals surface area contributed by atoms with Crippen LogP contribution in [0, 0.1) is 5.92 Å². The van der Waals surface area contributed by atoms with Crippen LogP contribution >= 0.6 is 0 Å². The van der Waals surface area contributed by atoms with Crippen molar-refractivity contribution in [3.63, 3.8) is 0 Å². The molecule has 1 fully saturated rings. The van der Waals surface area contributed by atoms with Crippen molar-refractivity contribution in [2.45, 2.75) is 78.4 Å². The lowest BCUT2D eigenvalue weighted by Gasteiger charge is -2.42. The Balaban J connectivity index is 2.64. The molecule has 106 valence electrons. The number of hydrogen-bond donors (Lipinski definition) is 1. The molecule has 18 heavy (non-hydrogen) atoms. The van der Waals surface area contributed by atoms with E-state index in [1.807, 2.05) is 13.8 Å². The molecule has 1 saturated heterocycles. The molecule has 0 radical (unpaired) electrons. The maximum Gasteiger partial charge on any atom is 0.225 e. The van der Waals surface area contributed by atoms with Crippen LogP contribution in [0.4, 0.5) is 0 Å². The molecular weight excluding hydrogens is 224 g/mol. The average Bonchev–Trinajstić information content (AvgIpc) is 2.35. The number of carbonyl (C=O) groups excluding carboxylic acids is 1. The number of hydrogen-bond acceptors (Lipinski definition) is 2. The fourth-order valence-corrected chi connectivity index (χ4v) is 2.66. The molecule has 0 aromatic rings. The van der Waals surface area contributed by atoms with E-state index < -0.39 is 0 Å². The van der Waals surface area contributed by atoms with E-state index in [-0.39, 0.29) is 5.92 Å². The summed E-state index contributed by atoms with van der Waals surface area (Å²) in [4.78, 5) is 14.5. The third kappa shape index (κ3) is 3.98. The van der Waals surface area contributed by atoms with Crippen LogP contribution in [-0.2, 0) is 4.79 Å². The predicted molar refractivity (Wildman–Crippen MR) is 76.5 cm³/mol. The second-order valence-corrected chi connectivity index (χ2v) is 6.05. The topological polar surface area (TPSA) is 32.3 Å². The molecule has 3 heteroatoms. The van der Waals surface area contributed by atoms with Gasteiger partial charge in [0.15, 0.2) is 0 Å². The maximum absolute atomic E-state index is 12.3. The molecule has 1 aliphatic rings. The van der Waals surface area contributed by atoms with Gasteiger partial charge in [0.1, 0.15) is 0 Å². The van der Waals surface area contributed by atoms with Crippen LogP contribution in [0.1, 0.15) is 60.3 Å². The van der Waals surface area contributed by atoms with E-state index in [2.05, 4.69) is 31.0 Å². The molecule has 1 rings (SSSR count). The molecule has 1 heterocycles. The highest BCUT2D eigenvalue weighted by molar-refractivity contribution is 5.78. The zero-order valence-corrected chi connectivity index (χ0v) is 12.7. The van der Waals surface area contributed by atoms with Gasteiger partial charge in [0, 0.05) is 30.6 Å². The van der Waals surface area contributed by atoms with Crippen LogP contribution < -0.4 is 5.32 Å². The molecule has 0 aromatic heterocycles. The van der Waals surface area contributed by atoms with Crippen molar-refractivity contribution in [1.29, 1.82) is 0 Å². The van der Waals surface area contributed by atoms with Crippen molar-refractivity contribution in [1.82, 2.24) is 10.2 Å². The van der Waals surface area contributed by atoms with Crippen molar-refractivity contribution in [3.05, 3.63) is 0 Å². The number of likely N-dealkylation sites (tertiary alicyclic amines) is 1. The van der Waals surface area contributed by atoms with Gasteiger partial charge in [-0.1, -0.05) is 20.8 Å². The third-order valence-corrected chi connectivity index (χ3v) is 4.09. The molecular formula is C15H30N2O. The first kappa shape index (κ1) is 15.5. The fraction of sp³-hybridized carbons (Fsp3) is 0.933. The van der Waals surface area contributed by atoms with Gasteiger partial charge in [-0.25, -0.2) is 0 Å². The summed E-state index contributed by atoms with van der Waals surface area (Å²) in [6, 6.07) is 1.33. The summed E-state index contributed by atoms with van der Waals surface area (Å²) in [7, 11) is 0. The number of rotatable bonds is 5. The summed E-state index contributed by atoms with van der Waals surface area (Å²) >= 11 is 0. The highest BCUT2D eigenvalue weighted by Crippen LogP contribution is 2.24. The molecule has 3 atom stereocenters. The molecule has 0 aliphatic carbocycles. The van der Waals surface area contributed by atoms with Gasteiger partial charge in [-0.15, -0.1) is 0 Å². The van der Waals surface area contributed by atoms with Crippen molar-refractivity contribution in [2.75, 3.05) is 6.54 Å². The van der Waals surface area contributed by atoms with Crippen molar-refractivity contribution < 1.29 is 4.79 Å². The number of carbonyl (C=O) groups is 1. The Labute approximate surface area is 112 Å². The fourth-order valence-electron chi connectivity index (χ4n) is 2.66. The molecule has 0 bridgehead atoms. The molecule has 0 aromatic carbocycles. The first-order chi connectivity index (χ1) is 8.47. The van der Waals surface area contributed by atoms with E-state index in [1.54, 1.807) is 0 Å². The predicted octanol–water partition coefficient (Wildman–Crippen LogP) is 2.80. The molecule has 1 aliphatic heterocycles. The van der Waals surface area contributed by atoms with E-state index in [9.17, 15) is 4.79 Å². The second-order valence-electron chi connectivity index (χ2n) is 6.05. The van der Waals surface area contributed by atoms with E-state index in [4.69, 9.17) is 0 Å². The number of piperidine rings is 1. The standard InChI is InChI=1S/C15H30N2O/c1-6-12(4)16-10-14-9-7-8-13(5)17(14)15(18)11(2)3/h11-14,16H,6-10H2,1-5H3. The molecule has 1 N–H and O–H groups in total. The van der Waals surface area contributed by atoms with E-state index in [0.29, 0.717) is 24.0 Å². The van der Waals surface area contributed by atoms with Crippen LogP contribution in [0.2, 0.25) is 0 Å². The summed E-state index contributed by atoms with van der Waals surface area (Å²) in [5.74, 6) is 0.426. The van der Waals surface area contributed by atoms with Gasteiger partial charge in [0.25, 0.3) is 0 Å². The Bertz CT molecular complexity index is 265. The minimum Gasteiger partial charge on any atom is -0.336 e. The van der Waals surface area contributed by atoms with Crippen LogP contribution in [0.5, 0.6) is 0 Å². The van der Waals surface area contributed by atoms with Crippen molar-refractivity contribution in [3.8, 4) is 0 Å². The van der Waals surface area contributed by atoms with Crippen LogP contribution in [0.15, 0.2) is 0 Å². The molecule has 3 nitrogen and oxygen atoms in total. The summed E-state index contributed by atoms with van der Waals surface area (Å²) in [6.45, 7) is 11.5. The summed E-state index contributed by atoms with van der Waals surface area (Å²) in [6.07, 6.45) is 4.68. The van der Waals surface area contributed by atoms with Crippen molar-refractivity contribution in [2.24, 2.45) is 5.92 Å². The maximum atomic E-state index is 12.3. The van der Waals surface area contributed by atoms with Crippen LogP contribution in [0.25, 0.3) is 0 Å². The Hall–Kier alpha value is -0.570. The van der Waals surface area contributed by atoms with Crippen molar-refractivity contribution >= 4 is 5.91 Å². The molecule has 1 amide bonds. The van der Waals surface area contributed by atoms with E-state index in [0.717, 1.165) is 25.8 Å². The molecule has 0 saturated carbocycles. The Kier molecular flexibility index (Phi) is 6.13. The Morgan fingerprint density at radius 1 is 1.33 bits per heavy atom. The lowest BCUT2D eigenvalue weighted by molar-refractivity contribution is -0.141. The van der Waals surface area contributed by atoms with Gasteiger partial charge in [-0.3, -0.25) is 4.79 Å². The summed E-state index contributed by atoms with van der Waals surface area (Å²) in [5.41, 5.74) is 0. The highest BCUT2D eigenvalue weighted by Gasteiger charge is 2.32. The van der Waals surface area contributed by atoms with Gasteiger partial charge < -0.3 is 10.2 Å². The quantitative estimate of drug-likeness (QED) is 0.818. The smallest absolute Gasteiger partial charge is 0.225 e. The van der Waals surface area contributed by atoms with E-state index >= 15 is 0 Å². The van der Waals surface area contributed by atoms with Gasteiger partial charge >= 0.3 is 0 Å². The van der Waals surface area contributed by atoms with E-state index in [1.165, 1.54) is 6.42 Å². The highest BCUT2D eigenvalue weighted by atomic mass is 16.2. The lowest BCUT2D eigenvalue weighted by atomic mass is 9.94. The third-order valence-electron chi connectivity index (χ3n) is 4.09. The number of amides is 1. The van der Waals surface area contributed by atoms with Crippen LogP contribution in [0.3, 0.4) is 0 Å². The molecule has 3 unspecified atom stereocenters. The summed E-state index contributed by atoms with van der Waals surface area (Å²) in [5, 5.41) is 3.55. The number of nitrogens with zero attached hydrogens (tertiary/aromatic N) is 1. The minimum atomic E-state index is 0.108. The van der Waals surface area contributed by atoms with Gasteiger partial charge in [0.05, 0.1) is 0 Å². The van der Waals surface area contributed by atoms with Gasteiger partial charge in [-0.2, -0.15) is 0 Å².